The number of hydrogen-bond donors (Lipinski definition) is 2. The number of fused-ring (bicyclic) bond motifs is 8. The standard InChI is InChI=1S/C36H30N12/c1-33(37-13-14-38-33)29-21-5-7-23(45-21)30(34(2)39-15-16-40-34)25-9-11-27(47-25)32(36(4)43-19-20-44-36)28-12-10-26(48-28)31(24-8-6-22(29)46-24)35(3)41-17-18-42-35/h5-20,45,48H,1-4H3. The molecular weight excluding hydrogens is 600 g/mol. The molecule has 0 amide bonds. The molecule has 0 spiro atoms. The third-order valence-electron chi connectivity index (χ3n) is 9.52. The fraction of sp³-hybridized carbons (Fsp3) is 0.222. The number of hydrogen-bond acceptors (Lipinski definition) is 10. The number of rotatable bonds is 4. The number of aromatic amines is 2. The van der Waals surface area contributed by atoms with Crippen LogP contribution in [0.4, 0.5) is 0 Å². The van der Waals surface area contributed by atoms with Gasteiger partial charge in [0.1, 0.15) is 0 Å². The number of H-pyrrole nitrogens is 2. The lowest BCUT2D eigenvalue weighted by molar-refractivity contribution is 0.540. The van der Waals surface area contributed by atoms with Crippen molar-refractivity contribution in [3.63, 3.8) is 0 Å². The van der Waals surface area contributed by atoms with Crippen molar-refractivity contribution in [1.29, 1.82) is 0 Å². The van der Waals surface area contributed by atoms with E-state index in [0.29, 0.717) is 0 Å². The molecule has 0 saturated heterocycles. The Morgan fingerprint density at radius 3 is 0.771 bits per heavy atom. The van der Waals surface area contributed by atoms with Crippen LogP contribution in [-0.4, -0.2) is 69.7 Å². The maximum absolute atomic E-state index is 5.25. The first-order valence-electron chi connectivity index (χ1n) is 15.7. The Morgan fingerprint density at radius 1 is 0.354 bits per heavy atom. The van der Waals surface area contributed by atoms with Gasteiger partial charge in [-0.1, -0.05) is 0 Å². The number of aliphatic imine (C=N–C) groups is 8. The van der Waals surface area contributed by atoms with Crippen LogP contribution in [0.5, 0.6) is 0 Å². The second-order valence-corrected chi connectivity index (χ2v) is 12.8. The molecule has 0 radical (unpaired) electrons. The van der Waals surface area contributed by atoms with E-state index in [4.69, 9.17) is 49.9 Å². The molecule has 12 heteroatoms. The Labute approximate surface area is 275 Å². The zero-order chi connectivity index (χ0) is 32.7. The van der Waals surface area contributed by atoms with E-state index < -0.39 is 22.7 Å². The highest BCUT2D eigenvalue weighted by molar-refractivity contribution is 6.19. The fourth-order valence-electron chi connectivity index (χ4n) is 7.28. The van der Waals surface area contributed by atoms with Crippen LogP contribution < -0.4 is 0 Å². The van der Waals surface area contributed by atoms with Gasteiger partial charge in [0.25, 0.3) is 0 Å². The largest absolute Gasteiger partial charge is 0.355 e. The van der Waals surface area contributed by atoms with Gasteiger partial charge in [0.15, 0.2) is 22.7 Å². The normalized spacial score (nSPS) is 20.8. The third-order valence-corrected chi connectivity index (χ3v) is 9.52. The average Bonchev–Trinajstić information content (AvgIpc) is 3.87. The van der Waals surface area contributed by atoms with E-state index in [0.717, 1.165) is 67.1 Å². The van der Waals surface area contributed by atoms with Crippen LogP contribution in [-0.2, 0) is 22.7 Å². The summed E-state index contributed by atoms with van der Waals surface area (Å²) in [5, 5.41) is 0. The molecule has 9 rings (SSSR count). The van der Waals surface area contributed by atoms with Gasteiger partial charge in [0.05, 0.1) is 45.0 Å². The Hall–Kier alpha value is -6.04. The number of aromatic nitrogens is 4. The second-order valence-electron chi connectivity index (χ2n) is 12.8. The van der Waals surface area contributed by atoms with Crippen LogP contribution in [0.3, 0.4) is 0 Å². The van der Waals surface area contributed by atoms with E-state index in [1.165, 1.54) is 0 Å². The average molecular weight is 631 g/mol. The van der Waals surface area contributed by atoms with Crippen LogP contribution in [0.25, 0.3) is 46.4 Å². The molecule has 0 saturated carbocycles. The Balaban J connectivity index is 1.49. The molecule has 3 aromatic rings. The van der Waals surface area contributed by atoms with Crippen molar-refractivity contribution in [3.8, 4) is 0 Å². The fourth-order valence-corrected chi connectivity index (χ4v) is 7.28. The first-order chi connectivity index (χ1) is 23.2. The van der Waals surface area contributed by atoms with Gasteiger partial charge in [-0.3, -0.25) is 39.9 Å². The molecule has 6 aliphatic heterocycles. The Kier molecular flexibility index (Phi) is 5.72. The first-order valence-corrected chi connectivity index (χ1v) is 15.7. The smallest absolute Gasteiger partial charge is 0.176 e. The summed E-state index contributed by atoms with van der Waals surface area (Å²) < 4.78 is 0. The lowest BCUT2D eigenvalue weighted by Crippen LogP contribution is -2.18. The minimum absolute atomic E-state index is 0.732. The SMILES string of the molecule is CC1(c2c3nc(c(C4(C)N=CC=N4)c4ccc([nH]4)c(C4(C)N=CC=N4)c4nc(c(C5(C)N=CC=N5)c5ccc2[nH]5)C=C4)C=C3)N=CC=N1. The van der Waals surface area contributed by atoms with Gasteiger partial charge in [-0.05, 0) is 76.3 Å². The van der Waals surface area contributed by atoms with Crippen molar-refractivity contribution in [3.05, 3.63) is 69.3 Å². The summed E-state index contributed by atoms with van der Waals surface area (Å²) in [6.45, 7) is 7.94. The van der Waals surface area contributed by atoms with Gasteiger partial charge in [-0.2, -0.15) is 0 Å². The minimum atomic E-state index is -0.902. The van der Waals surface area contributed by atoms with Crippen LogP contribution in [0.15, 0.2) is 64.2 Å². The highest BCUT2D eigenvalue weighted by atomic mass is 15.1. The van der Waals surface area contributed by atoms with Crippen LogP contribution >= 0.6 is 0 Å². The molecule has 234 valence electrons. The second kappa shape index (κ2) is 9.74. The maximum atomic E-state index is 5.25. The van der Waals surface area contributed by atoms with E-state index >= 15 is 0 Å². The molecule has 12 nitrogen and oxygen atoms in total. The Morgan fingerprint density at radius 2 is 0.562 bits per heavy atom. The van der Waals surface area contributed by atoms with Crippen LogP contribution in [0.2, 0.25) is 0 Å². The molecule has 9 heterocycles. The minimum Gasteiger partial charge on any atom is -0.355 e. The summed E-state index contributed by atoms with van der Waals surface area (Å²) in [6, 6.07) is 8.15. The summed E-state index contributed by atoms with van der Waals surface area (Å²) in [5.74, 6) is 0. The lowest BCUT2D eigenvalue weighted by atomic mass is 10.0. The van der Waals surface area contributed by atoms with Crippen molar-refractivity contribution in [2.24, 2.45) is 39.9 Å². The summed E-state index contributed by atoms with van der Waals surface area (Å²) in [7, 11) is 0. The third kappa shape index (κ3) is 4.08. The monoisotopic (exact) mass is 630 g/mol. The van der Waals surface area contributed by atoms with E-state index in [9.17, 15) is 0 Å². The van der Waals surface area contributed by atoms with Gasteiger partial charge in [-0.15, -0.1) is 0 Å². The van der Waals surface area contributed by atoms with Crippen molar-refractivity contribution in [2.75, 3.05) is 0 Å². The topological polar surface area (TPSA) is 156 Å². The van der Waals surface area contributed by atoms with E-state index in [1.54, 1.807) is 49.7 Å². The molecule has 6 aliphatic rings. The van der Waals surface area contributed by atoms with E-state index in [1.807, 2.05) is 76.3 Å². The molecule has 0 unspecified atom stereocenters. The molecule has 2 N–H and O–H groups in total. The van der Waals surface area contributed by atoms with Gasteiger partial charge >= 0.3 is 0 Å². The summed E-state index contributed by atoms with van der Waals surface area (Å²) >= 11 is 0. The maximum Gasteiger partial charge on any atom is 0.176 e. The summed E-state index contributed by atoms with van der Waals surface area (Å²) in [4.78, 5) is 56.2. The molecule has 8 bridgehead atoms. The summed E-state index contributed by atoms with van der Waals surface area (Å²) in [5.41, 5.74) is 5.90. The molecule has 3 aromatic heterocycles. The quantitative estimate of drug-likeness (QED) is 0.251. The van der Waals surface area contributed by atoms with Crippen LogP contribution in [0, 0.1) is 0 Å². The van der Waals surface area contributed by atoms with Crippen LogP contribution in [0.1, 0.15) is 72.7 Å². The van der Waals surface area contributed by atoms with Crippen molar-refractivity contribution in [2.45, 2.75) is 50.3 Å². The predicted molar refractivity (Wildman–Crippen MR) is 196 cm³/mol. The highest BCUT2D eigenvalue weighted by Crippen LogP contribution is 2.42. The summed E-state index contributed by atoms with van der Waals surface area (Å²) in [6.07, 6.45) is 21.8. The van der Waals surface area contributed by atoms with Crippen molar-refractivity contribution in [1.82, 2.24) is 19.9 Å². The number of nitrogens with zero attached hydrogens (tertiary/aromatic N) is 10. The molecule has 48 heavy (non-hydrogen) atoms. The zero-order valence-electron chi connectivity index (χ0n) is 26.7. The van der Waals surface area contributed by atoms with E-state index in [-0.39, 0.29) is 0 Å². The highest BCUT2D eigenvalue weighted by Gasteiger charge is 2.37. The molecule has 0 fully saturated rings. The molecular formula is C36H30N12. The van der Waals surface area contributed by atoms with E-state index in [2.05, 4.69) is 9.97 Å². The Bertz CT molecular complexity index is 2050. The lowest BCUT2D eigenvalue weighted by Gasteiger charge is -2.21. The zero-order valence-corrected chi connectivity index (χ0v) is 26.7. The molecule has 0 aliphatic carbocycles. The molecule has 0 atom stereocenters. The number of nitrogens with one attached hydrogen (secondary N) is 2. The van der Waals surface area contributed by atoms with Gasteiger partial charge in [0, 0.05) is 71.8 Å². The van der Waals surface area contributed by atoms with Gasteiger partial charge < -0.3 is 9.97 Å². The van der Waals surface area contributed by atoms with Gasteiger partial charge in [-0.25, -0.2) is 9.97 Å². The molecule has 0 aromatic carbocycles. The van der Waals surface area contributed by atoms with Crippen molar-refractivity contribution >= 4 is 96.1 Å². The van der Waals surface area contributed by atoms with Gasteiger partial charge in [0.2, 0.25) is 0 Å². The van der Waals surface area contributed by atoms with Crippen molar-refractivity contribution < 1.29 is 0 Å². The first kappa shape index (κ1) is 28.2. The predicted octanol–water partition coefficient (Wildman–Crippen LogP) is 5.97.